The first-order valence-corrected chi connectivity index (χ1v) is 5.20. The van der Waals surface area contributed by atoms with Crippen LogP contribution in [0.5, 0.6) is 0 Å². The van der Waals surface area contributed by atoms with Crippen LogP contribution in [-0.2, 0) is 14.3 Å². The van der Waals surface area contributed by atoms with E-state index in [9.17, 15) is 22.8 Å². The fourth-order valence-electron chi connectivity index (χ4n) is 0.821. The van der Waals surface area contributed by atoms with Crippen molar-refractivity contribution in [3.63, 3.8) is 0 Å². The van der Waals surface area contributed by atoms with E-state index in [4.69, 9.17) is 4.74 Å². The summed E-state index contributed by atoms with van der Waals surface area (Å²) >= 11 is 0. The Kier molecular flexibility index (Phi) is 5.38. The third-order valence-electron chi connectivity index (χ3n) is 1.62. The summed E-state index contributed by atoms with van der Waals surface area (Å²) < 4.78 is 40.5. The molecule has 7 heteroatoms. The first-order chi connectivity index (χ1) is 7.93. The fraction of sp³-hybridized carbons (Fsp3) is 0.636. The largest absolute Gasteiger partial charge is 0.458 e. The molecular weight excluding hydrogens is 251 g/mol. The summed E-state index contributed by atoms with van der Waals surface area (Å²) in [6.45, 7) is 6.42. The Morgan fingerprint density at radius 1 is 1.22 bits per heavy atom. The van der Waals surface area contributed by atoms with E-state index >= 15 is 0 Å². The molecule has 0 rings (SSSR count). The van der Waals surface area contributed by atoms with Crippen LogP contribution in [0.3, 0.4) is 0 Å². The molecule has 0 aromatic heterocycles. The average Bonchev–Trinajstić information content (AvgIpc) is 2.12. The molecule has 1 N–H and O–H groups in total. The van der Waals surface area contributed by atoms with Crippen LogP contribution in [0.4, 0.5) is 13.2 Å². The molecule has 0 saturated heterocycles. The predicted octanol–water partition coefficient (Wildman–Crippen LogP) is 1.95. The minimum absolute atomic E-state index is 0.320. The lowest BCUT2D eigenvalue weighted by molar-refractivity contribution is -0.165. The van der Waals surface area contributed by atoms with Crippen molar-refractivity contribution >= 4 is 11.8 Å². The van der Waals surface area contributed by atoms with Crippen molar-refractivity contribution in [2.45, 2.75) is 45.5 Å². The molecular formula is C11H16F3NO3. The van der Waals surface area contributed by atoms with Crippen molar-refractivity contribution in [1.29, 1.82) is 0 Å². The maximum atomic E-state index is 11.8. The number of hydrogen-bond donors (Lipinski definition) is 1. The number of allylic oxidation sites excluding steroid dienone is 1. The van der Waals surface area contributed by atoms with Crippen molar-refractivity contribution in [3.05, 3.63) is 12.3 Å². The number of ether oxygens (including phenoxy) is 1. The lowest BCUT2D eigenvalue weighted by Gasteiger charge is -2.22. The first-order valence-electron chi connectivity index (χ1n) is 5.20. The van der Waals surface area contributed by atoms with Gasteiger partial charge in [-0.2, -0.15) is 13.2 Å². The third kappa shape index (κ3) is 6.93. The van der Waals surface area contributed by atoms with Crippen LogP contribution in [0.25, 0.3) is 0 Å². The fourth-order valence-corrected chi connectivity index (χ4v) is 0.821. The zero-order chi connectivity index (χ0) is 14.6. The summed E-state index contributed by atoms with van der Waals surface area (Å²) in [5.74, 6) is -2.61. The highest BCUT2D eigenvalue weighted by atomic mass is 19.4. The molecule has 0 spiro atoms. The maximum absolute atomic E-state index is 11.8. The summed E-state index contributed by atoms with van der Waals surface area (Å²) in [5.41, 5.74) is -0.682. The average molecular weight is 267 g/mol. The summed E-state index contributed by atoms with van der Waals surface area (Å²) in [5, 5.41) is 2.33. The minimum Gasteiger partial charge on any atom is -0.458 e. The Hall–Kier alpha value is -1.53. The topological polar surface area (TPSA) is 55.4 Å². The number of halogens is 3. The molecule has 1 atom stereocenters. The number of alkyl halides is 3. The summed E-state index contributed by atoms with van der Waals surface area (Å²) in [6.07, 6.45) is -3.81. The van der Waals surface area contributed by atoms with E-state index in [0.29, 0.717) is 6.08 Å². The van der Waals surface area contributed by atoms with Gasteiger partial charge in [0.2, 0.25) is 0 Å². The Labute approximate surface area is 103 Å². The number of esters is 1. The third-order valence-corrected chi connectivity index (χ3v) is 1.62. The monoisotopic (exact) mass is 267 g/mol. The standard InChI is InChI=1S/C11H16F3NO3/c1-7(9(17)18-10(2,3)4)15-6-5-8(16)11(12,13)14/h5-7,15H,1-4H3/b6-5+/t7-/m0/s1. The van der Waals surface area contributed by atoms with E-state index in [2.05, 4.69) is 5.32 Å². The quantitative estimate of drug-likeness (QED) is 0.625. The maximum Gasteiger partial charge on any atom is 0.454 e. The molecule has 0 heterocycles. The summed E-state index contributed by atoms with van der Waals surface area (Å²) in [7, 11) is 0. The van der Waals surface area contributed by atoms with Gasteiger partial charge < -0.3 is 10.1 Å². The Morgan fingerprint density at radius 2 is 1.72 bits per heavy atom. The molecule has 0 fully saturated rings. The molecule has 0 saturated carbocycles. The summed E-state index contributed by atoms with van der Waals surface area (Å²) in [6, 6.07) is -0.846. The van der Waals surface area contributed by atoms with Crippen LogP contribution in [0.1, 0.15) is 27.7 Å². The molecule has 0 aliphatic rings. The molecule has 18 heavy (non-hydrogen) atoms. The Balaban J connectivity index is 4.27. The zero-order valence-electron chi connectivity index (χ0n) is 10.6. The molecule has 0 bridgehead atoms. The Bertz CT molecular complexity index is 342. The lowest BCUT2D eigenvalue weighted by atomic mass is 10.2. The number of rotatable bonds is 4. The molecule has 0 aliphatic carbocycles. The van der Waals surface area contributed by atoms with Gasteiger partial charge in [0, 0.05) is 12.3 Å². The molecule has 104 valence electrons. The normalized spacial score (nSPS) is 14.4. The van der Waals surface area contributed by atoms with Gasteiger partial charge in [-0.1, -0.05) is 0 Å². The molecule has 0 amide bonds. The van der Waals surface area contributed by atoms with Crippen molar-refractivity contribution in [2.24, 2.45) is 0 Å². The van der Waals surface area contributed by atoms with Crippen LogP contribution in [0.15, 0.2) is 12.3 Å². The number of nitrogens with one attached hydrogen (secondary N) is 1. The van der Waals surface area contributed by atoms with E-state index in [1.54, 1.807) is 20.8 Å². The van der Waals surface area contributed by atoms with Gasteiger partial charge in [0.25, 0.3) is 5.78 Å². The predicted molar refractivity (Wildman–Crippen MR) is 58.6 cm³/mol. The molecule has 4 nitrogen and oxygen atoms in total. The van der Waals surface area contributed by atoms with Gasteiger partial charge in [0.1, 0.15) is 11.6 Å². The second-order valence-corrected chi connectivity index (χ2v) is 4.62. The molecule has 0 aliphatic heterocycles. The second kappa shape index (κ2) is 5.88. The van der Waals surface area contributed by atoms with Crippen molar-refractivity contribution in [2.75, 3.05) is 0 Å². The van der Waals surface area contributed by atoms with Crippen LogP contribution in [0.2, 0.25) is 0 Å². The van der Waals surface area contributed by atoms with Gasteiger partial charge in [0.15, 0.2) is 0 Å². The van der Waals surface area contributed by atoms with E-state index < -0.39 is 29.6 Å². The van der Waals surface area contributed by atoms with E-state index in [0.717, 1.165) is 6.20 Å². The van der Waals surface area contributed by atoms with Gasteiger partial charge in [-0.3, -0.25) is 4.79 Å². The lowest BCUT2D eigenvalue weighted by Crippen LogP contribution is -2.37. The highest BCUT2D eigenvalue weighted by molar-refractivity contribution is 5.94. The van der Waals surface area contributed by atoms with Crippen LogP contribution >= 0.6 is 0 Å². The van der Waals surface area contributed by atoms with Crippen LogP contribution in [-0.4, -0.2) is 29.6 Å². The highest BCUT2D eigenvalue weighted by Crippen LogP contribution is 2.16. The van der Waals surface area contributed by atoms with E-state index in [1.165, 1.54) is 6.92 Å². The SMILES string of the molecule is C[C@H](N/C=C/C(=O)C(F)(F)F)C(=O)OC(C)(C)C. The highest BCUT2D eigenvalue weighted by Gasteiger charge is 2.36. The van der Waals surface area contributed by atoms with E-state index in [1.807, 2.05) is 0 Å². The van der Waals surface area contributed by atoms with Crippen molar-refractivity contribution in [3.8, 4) is 0 Å². The van der Waals surface area contributed by atoms with Gasteiger partial charge in [0.05, 0.1) is 0 Å². The van der Waals surface area contributed by atoms with Crippen molar-refractivity contribution in [1.82, 2.24) is 5.32 Å². The van der Waals surface area contributed by atoms with Crippen LogP contribution < -0.4 is 5.32 Å². The van der Waals surface area contributed by atoms with Gasteiger partial charge in [-0.25, -0.2) is 4.79 Å². The molecule has 0 radical (unpaired) electrons. The van der Waals surface area contributed by atoms with Gasteiger partial charge in [-0.15, -0.1) is 0 Å². The van der Waals surface area contributed by atoms with Gasteiger partial charge in [-0.05, 0) is 27.7 Å². The number of carbonyl (C=O) groups is 2. The number of carbonyl (C=O) groups excluding carboxylic acids is 2. The Morgan fingerprint density at radius 3 is 2.11 bits per heavy atom. The minimum atomic E-state index is -4.91. The molecule has 0 unspecified atom stereocenters. The van der Waals surface area contributed by atoms with Crippen LogP contribution in [0, 0.1) is 0 Å². The zero-order valence-corrected chi connectivity index (χ0v) is 10.6. The second-order valence-electron chi connectivity index (χ2n) is 4.62. The molecule has 0 aromatic carbocycles. The van der Waals surface area contributed by atoms with E-state index in [-0.39, 0.29) is 0 Å². The smallest absolute Gasteiger partial charge is 0.454 e. The van der Waals surface area contributed by atoms with Crippen molar-refractivity contribution < 1.29 is 27.5 Å². The summed E-state index contributed by atoms with van der Waals surface area (Å²) in [4.78, 5) is 21.9. The molecule has 0 aromatic rings. The number of hydrogen-bond acceptors (Lipinski definition) is 4. The van der Waals surface area contributed by atoms with Gasteiger partial charge >= 0.3 is 12.1 Å². The number of ketones is 1. The first kappa shape index (κ1) is 16.5.